The summed E-state index contributed by atoms with van der Waals surface area (Å²) in [6.45, 7) is 13.3. The summed E-state index contributed by atoms with van der Waals surface area (Å²) >= 11 is 0. The minimum absolute atomic E-state index is 0.0146. The van der Waals surface area contributed by atoms with Crippen molar-refractivity contribution in [2.45, 2.75) is 65.0 Å². The fraction of sp³-hybridized carbons (Fsp3) is 0.500. The number of aromatic hydroxyl groups is 1. The van der Waals surface area contributed by atoms with Gasteiger partial charge >= 0.3 is 6.01 Å². The smallest absolute Gasteiger partial charge is 0.319 e. The first-order valence-corrected chi connectivity index (χ1v) is 16.2. The summed E-state index contributed by atoms with van der Waals surface area (Å²) in [6.07, 6.45) is 4.52. The molecule has 6 heterocycles. The largest absolute Gasteiger partial charge is 0.508 e. The molecule has 0 aliphatic carbocycles. The van der Waals surface area contributed by atoms with Crippen molar-refractivity contribution in [2.24, 2.45) is 0 Å². The summed E-state index contributed by atoms with van der Waals surface area (Å²) < 4.78 is 29.2. The molecule has 0 amide bonds. The van der Waals surface area contributed by atoms with Crippen molar-refractivity contribution in [3.63, 3.8) is 0 Å². The molecule has 0 radical (unpaired) electrons. The Balaban J connectivity index is 0.000000826. The first-order chi connectivity index (χ1) is 21.6. The lowest BCUT2D eigenvalue weighted by Crippen LogP contribution is -2.53. The van der Waals surface area contributed by atoms with Gasteiger partial charge in [0.05, 0.1) is 11.6 Å². The highest BCUT2D eigenvalue weighted by Gasteiger charge is 2.45. The zero-order chi connectivity index (χ0) is 30.8. The molecule has 0 bridgehead atoms. The molecule has 3 fully saturated rings. The van der Waals surface area contributed by atoms with Crippen molar-refractivity contribution in [1.82, 2.24) is 25.2 Å². The van der Waals surface area contributed by atoms with Crippen molar-refractivity contribution < 1.29 is 19.0 Å². The van der Waals surface area contributed by atoms with Crippen LogP contribution in [0, 0.1) is 5.82 Å². The van der Waals surface area contributed by atoms with Gasteiger partial charge in [0.15, 0.2) is 5.82 Å². The number of phenolic OH excluding ortho intramolecular Hbond substituents is 1. The number of hydrogen-bond donors (Lipinski definition) is 2. The van der Waals surface area contributed by atoms with Crippen molar-refractivity contribution in [3.8, 4) is 28.9 Å². The molecule has 3 saturated heterocycles. The SMILES string of the molecule is CC.CC.Oc1cc(-c2nc3c4c(nc(OCC56CCCN5CCC6)nc4c2F)N2CCNCC2CO3)c2ccccc2c1. The molecule has 10 heteroatoms. The Kier molecular flexibility index (Phi) is 8.73. The highest BCUT2D eigenvalue weighted by molar-refractivity contribution is 6.01. The molecule has 4 aromatic rings. The van der Waals surface area contributed by atoms with Gasteiger partial charge in [-0.05, 0) is 61.7 Å². The number of pyridine rings is 1. The number of aromatic nitrogens is 3. The molecule has 9 nitrogen and oxygen atoms in total. The van der Waals surface area contributed by atoms with Crippen LogP contribution < -0.4 is 19.7 Å². The van der Waals surface area contributed by atoms with E-state index < -0.39 is 5.82 Å². The minimum Gasteiger partial charge on any atom is -0.508 e. The normalized spacial score (nSPS) is 20.0. The average Bonchev–Trinajstić information content (AvgIpc) is 3.61. The van der Waals surface area contributed by atoms with E-state index in [9.17, 15) is 5.11 Å². The van der Waals surface area contributed by atoms with E-state index >= 15 is 4.39 Å². The quantitative estimate of drug-likeness (QED) is 0.295. The Hall–Kier alpha value is -3.76. The predicted octanol–water partition coefficient (Wildman–Crippen LogP) is 5.92. The van der Waals surface area contributed by atoms with E-state index in [4.69, 9.17) is 19.4 Å². The van der Waals surface area contributed by atoms with Crippen LogP contribution in [0.3, 0.4) is 0 Å². The maximum Gasteiger partial charge on any atom is 0.319 e. The van der Waals surface area contributed by atoms with Crippen molar-refractivity contribution >= 4 is 27.5 Å². The molecular formula is C34H43FN6O3. The minimum atomic E-state index is -0.582. The summed E-state index contributed by atoms with van der Waals surface area (Å²) in [5.41, 5.74) is 0.701. The molecule has 44 heavy (non-hydrogen) atoms. The third-order valence-electron chi connectivity index (χ3n) is 9.13. The summed E-state index contributed by atoms with van der Waals surface area (Å²) in [5.74, 6) is 0.354. The summed E-state index contributed by atoms with van der Waals surface area (Å²) in [7, 11) is 0. The van der Waals surface area contributed by atoms with Gasteiger partial charge < -0.3 is 24.8 Å². The molecule has 2 aromatic heterocycles. The van der Waals surface area contributed by atoms with Gasteiger partial charge in [-0.15, -0.1) is 0 Å². The Morgan fingerprint density at radius 1 is 1.05 bits per heavy atom. The number of hydrogen-bond acceptors (Lipinski definition) is 9. The van der Waals surface area contributed by atoms with E-state index in [2.05, 4.69) is 20.1 Å². The molecule has 4 aliphatic heterocycles. The number of nitrogens with zero attached hydrogens (tertiary/aromatic N) is 5. The molecule has 0 spiro atoms. The van der Waals surface area contributed by atoms with E-state index in [1.165, 1.54) is 0 Å². The third-order valence-corrected chi connectivity index (χ3v) is 9.13. The van der Waals surface area contributed by atoms with Crippen LogP contribution in [-0.4, -0.2) is 82.5 Å². The van der Waals surface area contributed by atoms with Crippen LogP contribution >= 0.6 is 0 Å². The predicted molar refractivity (Wildman–Crippen MR) is 172 cm³/mol. The Morgan fingerprint density at radius 2 is 1.82 bits per heavy atom. The molecule has 1 atom stereocenters. The van der Waals surface area contributed by atoms with Gasteiger partial charge in [0.1, 0.15) is 41.4 Å². The zero-order valence-electron chi connectivity index (χ0n) is 26.2. The lowest BCUT2D eigenvalue weighted by Gasteiger charge is -2.35. The number of fused-ring (bicyclic) bond motifs is 4. The summed E-state index contributed by atoms with van der Waals surface area (Å²) in [4.78, 5) is 18.9. The first-order valence-electron chi connectivity index (χ1n) is 16.2. The first kappa shape index (κ1) is 30.3. The Morgan fingerprint density at radius 3 is 2.61 bits per heavy atom. The second-order valence-electron chi connectivity index (χ2n) is 11.4. The maximum absolute atomic E-state index is 16.6. The van der Waals surface area contributed by atoms with Gasteiger partial charge in [0.2, 0.25) is 5.88 Å². The second-order valence-corrected chi connectivity index (χ2v) is 11.4. The number of nitrogens with one attached hydrogen (secondary N) is 1. The van der Waals surface area contributed by atoms with Crippen LogP contribution in [-0.2, 0) is 0 Å². The van der Waals surface area contributed by atoms with Crippen LogP contribution in [0.5, 0.6) is 17.6 Å². The van der Waals surface area contributed by atoms with Gasteiger partial charge in [0, 0.05) is 25.2 Å². The van der Waals surface area contributed by atoms with Crippen molar-refractivity contribution in [1.29, 1.82) is 0 Å². The zero-order valence-corrected chi connectivity index (χ0v) is 26.2. The van der Waals surface area contributed by atoms with Crippen LogP contribution in [0.15, 0.2) is 36.4 Å². The Labute approximate surface area is 258 Å². The number of anilines is 1. The highest BCUT2D eigenvalue weighted by atomic mass is 19.1. The highest BCUT2D eigenvalue weighted by Crippen LogP contribution is 2.43. The standard InChI is InChI=1S/C30H31FN6O3.2C2H6/c31-24-25(22-14-20(38)13-18-5-1-2-6-21(18)22)33-28-23-26(24)34-29(40-17-30-7-3-10-36(30)11-4-8-30)35-27(23)37-12-9-32-15-19(37)16-39-28;2*1-2/h1-2,5-6,13-14,19,32,38H,3-4,7-12,15-17H2;2*1-2H3. The van der Waals surface area contributed by atoms with Crippen molar-refractivity contribution in [3.05, 3.63) is 42.2 Å². The number of benzene rings is 2. The summed E-state index contributed by atoms with van der Waals surface area (Å²) in [6, 6.07) is 11.0. The van der Waals surface area contributed by atoms with Crippen LogP contribution in [0.25, 0.3) is 32.9 Å². The van der Waals surface area contributed by atoms with Gasteiger partial charge in [0.25, 0.3) is 0 Å². The molecule has 234 valence electrons. The number of phenols is 1. The molecule has 0 saturated carbocycles. The van der Waals surface area contributed by atoms with Gasteiger partial charge in [-0.3, -0.25) is 4.90 Å². The van der Waals surface area contributed by atoms with E-state index in [-0.39, 0.29) is 34.6 Å². The third kappa shape index (κ3) is 5.17. The molecular weight excluding hydrogens is 559 g/mol. The average molecular weight is 603 g/mol. The van der Waals surface area contributed by atoms with E-state index in [1.54, 1.807) is 12.1 Å². The van der Waals surface area contributed by atoms with Gasteiger partial charge in [-0.25, -0.2) is 9.37 Å². The van der Waals surface area contributed by atoms with Gasteiger partial charge in [-0.1, -0.05) is 52.0 Å². The van der Waals surface area contributed by atoms with Crippen LogP contribution in [0.4, 0.5) is 10.2 Å². The Bertz CT molecular complexity index is 1640. The second kappa shape index (κ2) is 12.7. The monoisotopic (exact) mass is 602 g/mol. The topological polar surface area (TPSA) is 95.9 Å². The van der Waals surface area contributed by atoms with Gasteiger partial charge in [-0.2, -0.15) is 9.97 Å². The van der Waals surface area contributed by atoms with E-state index in [0.717, 1.165) is 62.6 Å². The molecule has 1 unspecified atom stereocenters. The van der Waals surface area contributed by atoms with Crippen LogP contribution in [0.2, 0.25) is 0 Å². The number of halogens is 1. The lowest BCUT2D eigenvalue weighted by molar-refractivity contribution is 0.108. The number of rotatable bonds is 4. The van der Waals surface area contributed by atoms with E-state index in [0.29, 0.717) is 42.4 Å². The number of piperazine rings is 1. The molecule has 2 N–H and O–H groups in total. The molecule has 2 aromatic carbocycles. The van der Waals surface area contributed by atoms with Crippen molar-refractivity contribution in [2.75, 3.05) is 50.8 Å². The summed E-state index contributed by atoms with van der Waals surface area (Å²) in [5, 5.41) is 15.9. The fourth-order valence-corrected chi connectivity index (χ4v) is 7.17. The lowest BCUT2D eigenvalue weighted by atomic mass is 9.95. The fourth-order valence-electron chi connectivity index (χ4n) is 7.17. The maximum atomic E-state index is 16.6. The van der Waals surface area contributed by atoms with E-state index in [1.807, 2.05) is 52.0 Å². The number of ether oxygens (including phenoxy) is 2. The van der Waals surface area contributed by atoms with Crippen LogP contribution in [0.1, 0.15) is 53.4 Å². The molecule has 8 rings (SSSR count). The molecule has 4 aliphatic rings.